The van der Waals surface area contributed by atoms with E-state index < -0.39 is 0 Å². The number of anilines is 1. The van der Waals surface area contributed by atoms with E-state index in [1.807, 2.05) is 30.3 Å². The summed E-state index contributed by atoms with van der Waals surface area (Å²) in [5.74, 6) is 1.15. The highest BCUT2D eigenvalue weighted by molar-refractivity contribution is 5.63. The summed E-state index contributed by atoms with van der Waals surface area (Å²) in [4.78, 5) is 8.21. The molecular formula is C14H13N5. The first kappa shape index (κ1) is 11.4. The fourth-order valence-electron chi connectivity index (χ4n) is 1.85. The number of aromatic nitrogens is 4. The first-order valence-corrected chi connectivity index (χ1v) is 5.93. The van der Waals surface area contributed by atoms with Crippen LogP contribution in [0.25, 0.3) is 17.1 Å². The zero-order valence-corrected chi connectivity index (χ0v) is 10.5. The van der Waals surface area contributed by atoms with Crippen LogP contribution in [-0.4, -0.2) is 19.7 Å². The SMILES string of the molecule is Cc1ccc(-c2cc(N)n(-c3cnccn3)n2)cc1. The number of benzene rings is 1. The third kappa shape index (κ3) is 2.18. The first-order chi connectivity index (χ1) is 9.24. The van der Waals surface area contributed by atoms with Crippen molar-refractivity contribution >= 4 is 5.82 Å². The summed E-state index contributed by atoms with van der Waals surface area (Å²) >= 11 is 0. The zero-order valence-electron chi connectivity index (χ0n) is 10.5. The molecule has 0 fully saturated rings. The summed E-state index contributed by atoms with van der Waals surface area (Å²) < 4.78 is 1.59. The van der Waals surface area contributed by atoms with Crippen molar-refractivity contribution in [3.05, 3.63) is 54.5 Å². The van der Waals surface area contributed by atoms with Crippen molar-refractivity contribution in [2.24, 2.45) is 0 Å². The molecule has 0 aliphatic rings. The number of rotatable bonds is 2. The molecule has 0 saturated carbocycles. The van der Waals surface area contributed by atoms with Gasteiger partial charge in [0.25, 0.3) is 0 Å². The van der Waals surface area contributed by atoms with Crippen molar-refractivity contribution in [1.29, 1.82) is 0 Å². The standard InChI is InChI=1S/C14H13N5/c1-10-2-4-11(5-3-10)12-8-13(15)19(18-12)14-9-16-6-7-17-14/h2-9H,15H2,1H3. The van der Waals surface area contributed by atoms with E-state index in [4.69, 9.17) is 5.73 Å². The number of aryl methyl sites for hydroxylation is 1. The van der Waals surface area contributed by atoms with Crippen LogP contribution in [0.4, 0.5) is 5.82 Å². The van der Waals surface area contributed by atoms with Gasteiger partial charge in [0.1, 0.15) is 5.82 Å². The van der Waals surface area contributed by atoms with Gasteiger partial charge in [-0.15, -0.1) is 0 Å². The number of hydrogen-bond acceptors (Lipinski definition) is 4. The van der Waals surface area contributed by atoms with Crippen LogP contribution >= 0.6 is 0 Å². The monoisotopic (exact) mass is 251 g/mol. The van der Waals surface area contributed by atoms with E-state index >= 15 is 0 Å². The van der Waals surface area contributed by atoms with Crippen LogP contribution in [0.3, 0.4) is 0 Å². The third-order valence-corrected chi connectivity index (χ3v) is 2.85. The molecule has 0 atom stereocenters. The van der Waals surface area contributed by atoms with Gasteiger partial charge in [0.15, 0.2) is 5.82 Å². The molecule has 3 rings (SSSR count). The molecule has 94 valence electrons. The molecule has 5 nitrogen and oxygen atoms in total. The Balaban J connectivity index is 2.04. The molecule has 2 heterocycles. The Morgan fingerprint density at radius 3 is 2.58 bits per heavy atom. The van der Waals surface area contributed by atoms with Gasteiger partial charge in [0.05, 0.1) is 11.9 Å². The molecule has 5 heteroatoms. The molecule has 0 aliphatic carbocycles. The first-order valence-electron chi connectivity index (χ1n) is 5.93. The van der Waals surface area contributed by atoms with Gasteiger partial charge in [0.2, 0.25) is 0 Å². The lowest BCUT2D eigenvalue weighted by atomic mass is 10.1. The van der Waals surface area contributed by atoms with Crippen molar-refractivity contribution in [3.63, 3.8) is 0 Å². The topological polar surface area (TPSA) is 69.6 Å². The minimum absolute atomic E-state index is 0.538. The van der Waals surface area contributed by atoms with Gasteiger partial charge in [0, 0.05) is 24.0 Å². The van der Waals surface area contributed by atoms with Crippen molar-refractivity contribution in [1.82, 2.24) is 19.7 Å². The van der Waals surface area contributed by atoms with Gasteiger partial charge in [-0.05, 0) is 6.92 Å². The predicted molar refractivity (Wildman–Crippen MR) is 73.7 cm³/mol. The van der Waals surface area contributed by atoms with Gasteiger partial charge >= 0.3 is 0 Å². The summed E-state index contributed by atoms with van der Waals surface area (Å²) in [6.45, 7) is 2.05. The minimum Gasteiger partial charge on any atom is -0.384 e. The van der Waals surface area contributed by atoms with Gasteiger partial charge in [-0.25, -0.2) is 4.98 Å². The fraction of sp³-hybridized carbons (Fsp3) is 0.0714. The third-order valence-electron chi connectivity index (χ3n) is 2.85. The van der Waals surface area contributed by atoms with Crippen LogP contribution in [0.1, 0.15) is 5.56 Å². The molecule has 0 amide bonds. The maximum atomic E-state index is 5.97. The highest BCUT2D eigenvalue weighted by Crippen LogP contribution is 2.22. The van der Waals surface area contributed by atoms with Gasteiger partial charge in [-0.1, -0.05) is 29.8 Å². The second kappa shape index (κ2) is 4.53. The van der Waals surface area contributed by atoms with Crippen LogP contribution in [0, 0.1) is 6.92 Å². The molecular weight excluding hydrogens is 238 g/mol. The van der Waals surface area contributed by atoms with Crippen molar-refractivity contribution < 1.29 is 0 Å². The summed E-state index contributed by atoms with van der Waals surface area (Å²) in [5, 5.41) is 4.47. The lowest BCUT2D eigenvalue weighted by molar-refractivity contribution is 0.851. The number of nitrogens with two attached hydrogens (primary N) is 1. The van der Waals surface area contributed by atoms with Crippen molar-refractivity contribution in [3.8, 4) is 17.1 Å². The second-order valence-electron chi connectivity index (χ2n) is 4.30. The molecule has 0 aliphatic heterocycles. The highest BCUT2D eigenvalue weighted by atomic mass is 15.3. The van der Waals surface area contributed by atoms with Crippen molar-refractivity contribution in [2.45, 2.75) is 6.92 Å². The van der Waals surface area contributed by atoms with E-state index in [0.717, 1.165) is 11.3 Å². The molecule has 3 aromatic rings. The van der Waals surface area contributed by atoms with E-state index in [1.54, 1.807) is 23.3 Å². The smallest absolute Gasteiger partial charge is 0.174 e. The van der Waals surface area contributed by atoms with Gasteiger partial charge < -0.3 is 5.73 Å². The minimum atomic E-state index is 0.538. The molecule has 0 saturated heterocycles. The fourth-order valence-corrected chi connectivity index (χ4v) is 1.85. The molecule has 0 radical (unpaired) electrons. The Hall–Kier alpha value is -2.69. The normalized spacial score (nSPS) is 10.6. The number of nitrogens with zero attached hydrogens (tertiary/aromatic N) is 4. The Morgan fingerprint density at radius 2 is 1.89 bits per heavy atom. The second-order valence-corrected chi connectivity index (χ2v) is 4.30. The Bertz CT molecular complexity index is 686. The highest BCUT2D eigenvalue weighted by Gasteiger charge is 2.09. The molecule has 1 aromatic carbocycles. The lowest BCUT2D eigenvalue weighted by Crippen LogP contribution is -2.03. The molecule has 2 aromatic heterocycles. The number of hydrogen-bond donors (Lipinski definition) is 1. The summed E-state index contributed by atoms with van der Waals surface area (Å²) in [6, 6.07) is 9.98. The average molecular weight is 251 g/mol. The van der Waals surface area contributed by atoms with E-state index in [0.29, 0.717) is 11.6 Å². The van der Waals surface area contributed by atoms with Gasteiger partial charge in [-0.3, -0.25) is 4.98 Å². The van der Waals surface area contributed by atoms with E-state index in [9.17, 15) is 0 Å². The van der Waals surface area contributed by atoms with Crippen LogP contribution < -0.4 is 5.73 Å². The molecule has 0 spiro atoms. The maximum absolute atomic E-state index is 5.97. The quantitative estimate of drug-likeness (QED) is 0.758. The largest absolute Gasteiger partial charge is 0.384 e. The predicted octanol–water partition coefficient (Wildman–Crippen LogP) is 2.22. The molecule has 19 heavy (non-hydrogen) atoms. The Morgan fingerprint density at radius 1 is 1.11 bits per heavy atom. The van der Waals surface area contributed by atoms with Crippen LogP contribution in [0.15, 0.2) is 48.9 Å². The van der Waals surface area contributed by atoms with E-state index in [-0.39, 0.29) is 0 Å². The Labute approximate surface area is 110 Å². The van der Waals surface area contributed by atoms with Crippen molar-refractivity contribution in [2.75, 3.05) is 5.73 Å². The molecule has 0 unspecified atom stereocenters. The summed E-state index contributed by atoms with van der Waals surface area (Å²) in [6.07, 6.45) is 4.86. The number of nitrogen functional groups attached to an aromatic ring is 1. The van der Waals surface area contributed by atoms with Crippen LogP contribution in [-0.2, 0) is 0 Å². The maximum Gasteiger partial charge on any atom is 0.174 e. The lowest BCUT2D eigenvalue weighted by Gasteiger charge is -2.00. The molecule has 2 N–H and O–H groups in total. The van der Waals surface area contributed by atoms with E-state index in [2.05, 4.69) is 22.0 Å². The average Bonchev–Trinajstić information content (AvgIpc) is 2.83. The zero-order chi connectivity index (χ0) is 13.2. The van der Waals surface area contributed by atoms with Crippen LogP contribution in [0.5, 0.6) is 0 Å². The summed E-state index contributed by atoms with van der Waals surface area (Å²) in [7, 11) is 0. The van der Waals surface area contributed by atoms with Crippen LogP contribution in [0.2, 0.25) is 0 Å². The summed E-state index contributed by atoms with van der Waals surface area (Å²) in [5.41, 5.74) is 9.04. The van der Waals surface area contributed by atoms with E-state index in [1.165, 1.54) is 5.56 Å². The molecule has 0 bridgehead atoms. The Kier molecular flexibility index (Phi) is 2.72. The van der Waals surface area contributed by atoms with Gasteiger partial charge in [-0.2, -0.15) is 9.78 Å².